The molecular weight excluding hydrogens is 234 g/mol. The lowest BCUT2D eigenvalue weighted by atomic mass is 10.1. The topological polar surface area (TPSA) is 69.6 Å². The second-order valence-electron chi connectivity index (χ2n) is 4.11. The third kappa shape index (κ3) is 4.26. The van der Waals surface area contributed by atoms with Crippen molar-refractivity contribution in [3.8, 4) is 0 Å². The number of hydrogen-bond acceptors (Lipinski definition) is 3. The molecule has 1 saturated heterocycles. The van der Waals surface area contributed by atoms with E-state index in [1.807, 2.05) is 0 Å². The lowest BCUT2D eigenvalue weighted by Gasteiger charge is -2.16. The molecular formula is C10H16F2N2O3. The van der Waals surface area contributed by atoms with Crippen LogP contribution in [0.2, 0.25) is 0 Å². The predicted octanol–water partition coefficient (Wildman–Crippen LogP) is -0.0424. The molecule has 98 valence electrons. The van der Waals surface area contributed by atoms with Crippen molar-refractivity contribution in [3.05, 3.63) is 0 Å². The molecule has 0 aromatic carbocycles. The van der Waals surface area contributed by atoms with Gasteiger partial charge in [0.1, 0.15) is 18.4 Å². The minimum atomic E-state index is -1.45. The molecule has 1 heterocycles. The molecule has 0 radical (unpaired) electrons. The molecule has 1 amide bonds. The number of nitrogens with zero attached hydrogens (tertiary/aromatic N) is 1. The minimum Gasteiger partial charge on any atom is -0.480 e. The number of carboxylic acid groups (broad SMARTS) is 1. The molecule has 0 saturated carbocycles. The smallest absolute Gasteiger partial charge is 0.326 e. The number of amides is 1. The number of halogens is 2. The first kappa shape index (κ1) is 13.8. The Morgan fingerprint density at radius 2 is 2.06 bits per heavy atom. The van der Waals surface area contributed by atoms with E-state index in [-0.39, 0.29) is 19.5 Å². The van der Waals surface area contributed by atoms with Crippen molar-refractivity contribution in [1.29, 1.82) is 0 Å². The molecule has 7 heteroatoms. The Morgan fingerprint density at radius 1 is 1.47 bits per heavy atom. The maximum atomic E-state index is 12.8. The minimum absolute atomic E-state index is 0.0556. The Kier molecular flexibility index (Phi) is 5.27. The summed E-state index contributed by atoms with van der Waals surface area (Å²) in [5.41, 5.74) is 0. The lowest BCUT2D eigenvalue weighted by molar-refractivity contribution is -0.140. The van der Waals surface area contributed by atoms with Gasteiger partial charge >= 0.3 is 5.97 Å². The van der Waals surface area contributed by atoms with Crippen LogP contribution in [0.3, 0.4) is 0 Å². The molecule has 1 rings (SSSR count). The van der Waals surface area contributed by atoms with Gasteiger partial charge in [-0.15, -0.1) is 0 Å². The fourth-order valence-corrected chi connectivity index (χ4v) is 1.86. The molecule has 1 aliphatic heterocycles. The molecule has 0 bridgehead atoms. The second-order valence-corrected chi connectivity index (χ2v) is 4.11. The highest BCUT2D eigenvalue weighted by Gasteiger charge is 2.32. The van der Waals surface area contributed by atoms with Crippen LogP contribution in [0.25, 0.3) is 0 Å². The maximum absolute atomic E-state index is 12.8. The normalized spacial score (nSPS) is 26.7. The summed E-state index contributed by atoms with van der Waals surface area (Å²) in [6.07, 6.45) is -1.84. The highest BCUT2D eigenvalue weighted by molar-refractivity contribution is 5.76. The monoisotopic (exact) mass is 250 g/mol. The van der Waals surface area contributed by atoms with Crippen molar-refractivity contribution < 1.29 is 23.5 Å². The highest BCUT2D eigenvalue weighted by atomic mass is 19.2. The number of aliphatic carboxylic acids is 1. The molecule has 3 atom stereocenters. The molecule has 1 fully saturated rings. The third-order valence-corrected chi connectivity index (χ3v) is 2.79. The van der Waals surface area contributed by atoms with E-state index >= 15 is 0 Å². The first-order valence-electron chi connectivity index (χ1n) is 5.47. The number of hydrogen-bond donors (Lipinski definition) is 2. The molecule has 5 nitrogen and oxygen atoms in total. The fraction of sp³-hybridized carbons (Fsp3) is 0.800. The number of carboxylic acids is 1. The van der Waals surface area contributed by atoms with E-state index in [2.05, 4.69) is 5.32 Å². The fourth-order valence-electron chi connectivity index (χ4n) is 1.86. The molecule has 1 aliphatic rings. The Labute approximate surface area is 97.8 Å². The molecule has 17 heavy (non-hydrogen) atoms. The van der Waals surface area contributed by atoms with Crippen molar-refractivity contribution in [1.82, 2.24) is 10.2 Å². The number of nitrogens with one attached hydrogen (secondary N) is 1. The van der Waals surface area contributed by atoms with Crippen molar-refractivity contribution in [2.24, 2.45) is 0 Å². The van der Waals surface area contributed by atoms with Crippen LogP contribution in [-0.4, -0.2) is 60.4 Å². The van der Waals surface area contributed by atoms with Crippen molar-refractivity contribution in [3.63, 3.8) is 0 Å². The van der Waals surface area contributed by atoms with Crippen LogP contribution in [0.4, 0.5) is 8.78 Å². The van der Waals surface area contributed by atoms with Crippen LogP contribution in [0, 0.1) is 0 Å². The Bertz CT molecular complexity index is 268. The van der Waals surface area contributed by atoms with E-state index in [1.165, 1.54) is 0 Å². The van der Waals surface area contributed by atoms with Gasteiger partial charge in [-0.25, -0.2) is 13.6 Å². The van der Waals surface area contributed by atoms with E-state index in [0.29, 0.717) is 19.4 Å². The van der Waals surface area contributed by atoms with Gasteiger partial charge in [0, 0.05) is 13.1 Å². The number of alkyl halides is 2. The van der Waals surface area contributed by atoms with Gasteiger partial charge in [-0.3, -0.25) is 9.69 Å². The number of likely N-dealkylation sites (tertiary alicyclic amines) is 1. The first-order chi connectivity index (χ1) is 8.04. The second kappa shape index (κ2) is 6.48. The summed E-state index contributed by atoms with van der Waals surface area (Å²) in [5.74, 6) is -1.11. The average molecular weight is 250 g/mol. The van der Waals surface area contributed by atoms with Gasteiger partial charge in [0.2, 0.25) is 6.41 Å². The van der Waals surface area contributed by atoms with Gasteiger partial charge in [0.05, 0.1) is 0 Å². The van der Waals surface area contributed by atoms with Crippen molar-refractivity contribution in [2.45, 2.75) is 31.2 Å². The first-order valence-corrected chi connectivity index (χ1v) is 5.47. The van der Waals surface area contributed by atoms with E-state index < -0.39 is 24.4 Å². The molecule has 0 aliphatic carbocycles. The lowest BCUT2D eigenvalue weighted by Crippen LogP contribution is -2.36. The summed E-state index contributed by atoms with van der Waals surface area (Å²) in [7, 11) is 0. The molecule has 0 aromatic heterocycles. The molecule has 2 N–H and O–H groups in total. The summed E-state index contributed by atoms with van der Waals surface area (Å²) in [5, 5.41) is 10.9. The van der Waals surface area contributed by atoms with Gasteiger partial charge in [-0.2, -0.15) is 0 Å². The van der Waals surface area contributed by atoms with Crippen LogP contribution < -0.4 is 5.32 Å². The SMILES string of the molecule is O=CNC(CCCN1C[C@@H](F)[C@H](F)C1)C(=O)O. The standard InChI is InChI=1S/C10H16F2N2O3/c11-7-4-14(5-8(7)12)3-1-2-9(10(16)17)13-6-15/h6-9H,1-5H2,(H,13,15)(H,16,17)/t7-,8-,9?/m1/s1. The predicted molar refractivity (Wildman–Crippen MR) is 56.1 cm³/mol. The van der Waals surface area contributed by atoms with E-state index in [9.17, 15) is 18.4 Å². The summed E-state index contributed by atoms with van der Waals surface area (Å²) < 4.78 is 25.7. The van der Waals surface area contributed by atoms with Gasteiger partial charge in [0.15, 0.2) is 0 Å². The molecule has 0 spiro atoms. The van der Waals surface area contributed by atoms with E-state index in [1.54, 1.807) is 4.90 Å². The van der Waals surface area contributed by atoms with Gasteiger partial charge in [-0.05, 0) is 19.4 Å². The van der Waals surface area contributed by atoms with Gasteiger partial charge < -0.3 is 10.4 Å². The van der Waals surface area contributed by atoms with Gasteiger partial charge in [0.25, 0.3) is 0 Å². The average Bonchev–Trinajstić information content (AvgIpc) is 2.57. The van der Waals surface area contributed by atoms with Crippen LogP contribution in [0.5, 0.6) is 0 Å². The maximum Gasteiger partial charge on any atom is 0.326 e. The Balaban J connectivity index is 2.22. The van der Waals surface area contributed by atoms with Crippen LogP contribution >= 0.6 is 0 Å². The van der Waals surface area contributed by atoms with Crippen molar-refractivity contribution in [2.75, 3.05) is 19.6 Å². The quantitative estimate of drug-likeness (QED) is 0.622. The zero-order chi connectivity index (χ0) is 12.8. The number of carbonyl (C=O) groups is 2. The molecule has 0 aromatic rings. The summed E-state index contributed by atoms with van der Waals surface area (Å²) in [6, 6.07) is -0.933. The van der Waals surface area contributed by atoms with Crippen LogP contribution in [0.1, 0.15) is 12.8 Å². The zero-order valence-electron chi connectivity index (χ0n) is 9.31. The largest absolute Gasteiger partial charge is 0.480 e. The summed E-state index contributed by atoms with van der Waals surface area (Å²) in [6.45, 7) is 0.547. The van der Waals surface area contributed by atoms with Crippen LogP contribution in [-0.2, 0) is 9.59 Å². The molecule has 1 unspecified atom stereocenters. The summed E-state index contributed by atoms with van der Waals surface area (Å²) in [4.78, 5) is 22.4. The highest BCUT2D eigenvalue weighted by Crippen LogP contribution is 2.17. The van der Waals surface area contributed by atoms with E-state index in [4.69, 9.17) is 5.11 Å². The van der Waals surface area contributed by atoms with E-state index in [0.717, 1.165) is 0 Å². The Hall–Kier alpha value is -1.24. The Morgan fingerprint density at radius 3 is 2.53 bits per heavy atom. The van der Waals surface area contributed by atoms with Gasteiger partial charge in [-0.1, -0.05) is 0 Å². The third-order valence-electron chi connectivity index (χ3n) is 2.79. The number of carbonyl (C=O) groups excluding carboxylic acids is 1. The number of rotatable bonds is 7. The zero-order valence-corrected chi connectivity index (χ0v) is 9.31. The summed E-state index contributed by atoms with van der Waals surface area (Å²) >= 11 is 0. The van der Waals surface area contributed by atoms with Crippen LogP contribution in [0.15, 0.2) is 0 Å². The van der Waals surface area contributed by atoms with Crippen molar-refractivity contribution >= 4 is 12.4 Å².